The fourth-order valence-electron chi connectivity index (χ4n) is 1.63. The fraction of sp³-hybridized carbons (Fsp3) is 0.167. The van der Waals surface area contributed by atoms with E-state index < -0.39 is 6.03 Å². The van der Waals surface area contributed by atoms with Gasteiger partial charge < -0.3 is 10.5 Å². The van der Waals surface area contributed by atoms with Gasteiger partial charge in [-0.2, -0.15) is 0 Å². The lowest BCUT2D eigenvalue weighted by Crippen LogP contribution is -2.21. The van der Waals surface area contributed by atoms with Crippen molar-refractivity contribution in [3.8, 4) is 5.75 Å². The number of rotatable bonds is 3. The van der Waals surface area contributed by atoms with Crippen LogP contribution in [0.3, 0.4) is 0 Å². The maximum Gasteiger partial charge on any atom is 0.324 e. The molecule has 0 saturated heterocycles. The lowest BCUT2D eigenvalue weighted by molar-refractivity contribution is 0.249. The molecule has 0 aliphatic carbocycles. The van der Waals surface area contributed by atoms with Crippen molar-refractivity contribution in [3.05, 3.63) is 48.0 Å². The van der Waals surface area contributed by atoms with Crippen LogP contribution in [-0.2, 0) is 6.42 Å². The van der Waals surface area contributed by atoms with Crippen LogP contribution in [0.25, 0.3) is 0 Å². The number of hydrogen-bond donors (Lipinski definition) is 1. The lowest BCUT2D eigenvalue weighted by Gasteiger charge is -2.05. The van der Waals surface area contributed by atoms with Crippen LogP contribution in [0, 0.1) is 0 Å². The Hall–Kier alpha value is -2.30. The molecule has 1 amide bonds. The van der Waals surface area contributed by atoms with Crippen molar-refractivity contribution in [1.82, 2.24) is 9.55 Å². The third-order valence-corrected chi connectivity index (χ3v) is 2.45. The average molecular weight is 231 g/mol. The number of benzene rings is 1. The molecule has 0 spiro atoms. The first-order valence-corrected chi connectivity index (χ1v) is 5.15. The first-order chi connectivity index (χ1) is 8.20. The molecule has 0 saturated carbocycles. The molecule has 0 unspecified atom stereocenters. The van der Waals surface area contributed by atoms with Gasteiger partial charge in [0.15, 0.2) is 0 Å². The molecule has 1 aromatic heterocycles. The van der Waals surface area contributed by atoms with Crippen LogP contribution in [0.4, 0.5) is 4.79 Å². The number of imidazole rings is 1. The summed E-state index contributed by atoms with van der Waals surface area (Å²) < 4.78 is 6.47. The molecule has 0 fully saturated rings. The van der Waals surface area contributed by atoms with E-state index in [1.807, 2.05) is 24.3 Å². The zero-order valence-corrected chi connectivity index (χ0v) is 9.46. The van der Waals surface area contributed by atoms with Gasteiger partial charge in [0.2, 0.25) is 0 Å². The summed E-state index contributed by atoms with van der Waals surface area (Å²) in [5, 5.41) is 0. The van der Waals surface area contributed by atoms with Crippen LogP contribution >= 0.6 is 0 Å². The summed E-state index contributed by atoms with van der Waals surface area (Å²) in [6.07, 6.45) is 3.64. The molecule has 0 aliphatic rings. The molecule has 0 atom stereocenters. The molecule has 0 aliphatic heterocycles. The Labute approximate surface area is 98.8 Å². The Morgan fingerprint density at radius 1 is 1.53 bits per heavy atom. The number of carbonyl (C=O) groups excluding carboxylic acids is 1. The minimum atomic E-state index is -0.527. The molecule has 17 heavy (non-hydrogen) atoms. The van der Waals surface area contributed by atoms with Gasteiger partial charge in [0, 0.05) is 18.8 Å². The Balaban J connectivity index is 2.25. The van der Waals surface area contributed by atoms with E-state index in [4.69, 9.17) is 10.5 Å². The largest absolute Gasteiger partial charge is 0.497 e. The summed E-state index contributed by atoms with van der Waals surface area (Å²) in [5.41, 5.74) is 6.24. The van der Waals surface area contributed by atoms with Gasteiger partial charge >= 0.3 is 6.03 Å². The highest BCUT2D eigenvalue weighted by atomic mass is 16.5. The van der Waals surface area contributed by atoms with E-state index in [0.717, 1.165) is 11.3 Å². The number of ether oxygens (including phenoxy) is 1. The standard InChI is InChI=1S/C12H13N3O2/c1-17-10-4-2-3-9(7-10)8-11-14-5-6-15(11)12(13)16/h2-7H,8H2,1H3,(H2,13,16). The summed E-state index contributed by atoms with van der Waals surface area (Å²) >= 11 is 0. The molecule has 1 aromatic carbocycles. The van der Waals surface area contributed by atoms with E-state index in [0.29, 0.717) is 12.2 Å². The van der Waals surface area contributed by atoms with Crippen molar-refractivity contribution >= 4 is 6.03 Å². The molecule has 2 rings (SSSR count). The molecule has 2 N–H and O–H groups in total. The molecule has 5 heteroatoms. The Kier molecular flexibility index (Phi) is 3.09. The van der Waals surface area contributed by atoms with Crippen LogP contribution in [0.1, 0.15) is 11.4 Å². The topological polar surface area (TPSA) is 70.1 Å². The van der Waals surface area contributed by atoms with Gasteiger partial charge in [-0.3, -0.25) is 4.57 Å². The van der Waals surface area contributed by atoms with Gasteiger partial charge in [-0.05, 0) is 17.7 Å². The van der Waals surface area contributed by atoms with Crippen LogP contribution in [-0.4, -0.2) is 22.7 Å². The van der Waals surface area contributed by atoms with Crippen molar-refractivity contribution in [3.63, 3.8) is 0 Å². The number of nitrogens with zero attached hydrogens (tertiary/aromatic N) is 2. The van der Waals surface area contributed by atoms with E-state index in [1.54, 1.807) is 19.5 Å². The van der Waals surface area contributed by atoms with Crippen LogP contribution in [0.15, 0.2) is 36.7 Å². The predicted octanol–water partition coefficient (Wildman–Crippen LogP) is 1.41. The normalized spacial score (nSPS) is 10.2. The van der Waals surface area contributed by atoms with E-state index in [-0.39, 0.29) is 0 Å². The van der Waals surface area contributed by atoms with Crippen LogP contribution in [0.5, 0.6) is 5.75 Å². The second kappa shape index (κ2) is 4.69. The number of aromatic nitrogens is 2. The smallest absolute Gasteiger partial charge is 0.324 e. The fourth-order valence-corrected chi connectivity index (χ4v) is 1.63. The molecule has 0 bridgehead atoms. The zero-order valence-electron chi connectivity index (χ0n) is 9.46. The molecular formula is C12H13N3O2. The molecule has 0 radical (unpaired) electrons. The molecule has 2 aromatic rings. The van der Waals surface area contributed by atoms with E-state index in [9.17, 15) is 4.79 Å². The Morgan fingerprint density at radius 3 is 3.06 bits per heavy atom. The van der Waals surface area contributed by atoms with Crippen molar-refractivity contribution in [2.75, 3.05) is 7.11 Å². The van der Waals surface area contributed by atoms with Gasteiger partial charge in [-0.1, -0.05) is 12.1 Å². The number of hydrogen-bond acceptors (Lipinski definition) is 3. The number of primary amides is 1. The first kappa shape index (κ1) is 11.2. The third-order valence-electron chi connectivity index (χ3n) is 2.45. The summed E-state index contributed by atoms with van der Waals surface area (Å²) in [5.74, 6) is 1.39. The first-order valence-electron chi connectivity index (χ1n) is 5.15. The van der Waals surface area contributed by atoms with Gasteiger partial charge in [0.1, 0.15) is 11.6 Å². The summed E-state index contributed by atoms with van der Waals surface area (Å²) in [7, 11) is 1.61. The second-order valence-corrected chi connectivity index (χ2v) is 3.58. The molecule has 5 nitrogen and oxygen atoms in total. The van der Waals surface area contributed by atoms with Crippen LogP contribution in [0.2, 0.25) is 0 Å². The minimum absolute atomic E-state index is 0.527. The number of methoxy groups -OCH3 is 1. The van der Waals surface area contributed by atoms with Crippen LogP contribution < -0.4 is 10.5 Å². The second-order valence-electron chi connectivity index (χ2n) is 3.58. The maximum atomic E-state index is 11.1. The zero-order chi connectivity index (χ0) is 12.3. The summed E-state index contributed by atoms with van der Waals surface area (Å²) in [6.45, 7) is 0. The highest BCUT2D eigenvalue weighted by Gasteiger charge is 2.08. The summed E-state index contributed by atoms with van der Waals surface area (Å²) in [6, 6.07) is 7.08. The molecule has 1 heterocycles. The quantitative estimate of drug-likeness (QED) is 0.868. The third kappa shape index (κ3) is 2.44. The van der Waals surface area contributed by atoms with Gasteiger partial charge in [0.05, 0.1) is 7.11 Å². The van der Waals surface area contributed by atoms with Gasteiger partial charge in [0.25, 0.3) is 0 Å². The van der Waals surface area contributed by atoms with E-state index in [1.165, 1.54) is 4.57 Å². The molecule has 88 valence electrons. The highest BCUT2D eigenvalue weighted by molar-refractivity contribution is 5.75. The number of nitrogens with two attached hydrogens (primary N) is 1. The predicted molar refractivity (Wildman–Crippen MR) is 63.0 cm³/mol. The van der Waals surface area contributed by atoms with Gasteiger partial charge in [-0.15, -0.1) is 0 Å². The number of amides is 1. The number of carbonyl (C=O) groups is 1. The Morgan fingerprint density at radius 2 is 2.35 bits per heavy atom. The highest BCUT2D eigenvalue weighted by Crippen LogP contribution is 2.15. The minimum Gasteiger partial charge on any atom is -0.497 e. The monoisotopic (exact) mass is 231 g/mol. The maximum absolute atomic E-state index is 11.1. The lowest BCUT2D eigenvalue weighted by atomic mass is 10.1. The van der Waals surface area contributed by atoms with Crippen molar-refractivity contribution in [2.45, 2.75) is 6.42 Å². The SMILES string of the molecule is COc1cccc(Cc2nccn2C(N)=O)c1. The van der Waals surface area contributed by atoms with Crippen molar-refractivity contribution < 1.29 is 9.53 Å². The van der Waals surface area contributed by atoms with E-state index >= 15 is 0 Å². The van der Waals surface area contributed by atoms with E-state index in [2.05, 4.69) is 4.98 Å². The molecular weight excluding hydrogens is 218 g/mol. The Bertz CT molecular complexity index is 534. The van der Waals surface area contributed by atoms with Gasteiger partial charge in [-0.25, -0.2) is 9.78 Å². The summed E-state index contributed by atoms with van der Waals surface area (Å²) in [4.78, 5) is 15.2. The van der Waals surface area contributed by atoms with Crippen molar-refractivity contribution in [2.24, 2.45) is 5.73 Å². The average Bonchev–Trinajstić information content (AvgIpc) is 2.77. The van der Waals surface area contributed by atoms with Crippen molar-refractivity contribution in [1.29, 1.82) is 0 Å².